The lowest BCUT2D eigenvalue weighted by molar-refractivity contribution is 0.166. The largest absolute Gasteiger partial charge is 0.508 e. The Morgan fingerprint density at radius 2 is 1.94 bits per heavy atom. The highest BCUT2D eigenvalue weighted by molar-refractivity contribution is 5.36. The number of benzene rings is 1. The van der Waals surface area contributed by atoms with Crippen LogP contribution in [-0.4, -0.2) is 42.7 Å². The molecule has 1 aromatic rings. The van der Waals surface area contributed by atoms with E-state index in [9.17, 15) is 5.11 Å². The third-order valence-electron chi connectivity index (χ3n) is 4.27. The van der Waals surface area contributed by atoms with E-state index in [1.54, 1.807) is 12.1 Å². The number of nitrogens with one attached hydrogen (secondary N) is 1. The standard InChI is InChI=1S/C14H20N2O/c1-16(12-8-15-9-12)10-14(6-7-14)11-2-4-13(17)5-3-11/h2-5,12,15,17H,6-10H2,1H3. The van der Waals surface area contributed by atoms with Crippen molar-refractivity contribution < 1.29 is 5.11 Å². The summed E-state index contributed by atoms with van der Waals surface area (Å²) in [7, 11) is 2.23. The van der Waals surface area contributed by atoms with Gasteiger partial charge in [-0.15, -0.1) is 0 Å². The number of phenolic OH excluding ortho intramolecular Hbond substituents is 1. The second kappa shape index (κ2) is 4.00. The highest BCUT2D eigenvalue weighted by Gasteiger charge is 2.45. The molecule has 3 rings (SSSR count). The van der Waals surface area contributed by atoms with E-state index in [0.29, 0.717) is 17.2 Å². The molecule has 2 aliphatic rings. The highest BCUT2D eigenvalue weighted by Crippen LogP contribution is 2.49. The first-order valence-electron chi connectivity index (χ1n) is 6.40. The van der Waals surface area contributed by atoms with Gasteiger partial charge in [-0.25, -0.2) is 0 Å². The van der Waals surface area contributed by atoms with Gasteiger partial charge < -0.3 is 10.4 Å². The summed E-state index contributed by atoms with van der Waals surface area (Å²) in [5, 5.41) is 12.7. The van der Waals surface area contributed by atoms with E-state index in [4.69, 9.17) is 0 Å². The summed E-state index contributed by atoms with van der Waals surface area (Å²) in [6.07, 6.45) is 2.56. The summed E-state index contributed by atoms with van der Waals surface area (Å²) < 4.78 is 0. The molecule has 2 fully saturated rings. The van der Waals surface area contributed by atoms with Crippen molar-refractivity contribution in [2.45, 2.75) is 24.3 Å². The van der Waals surface area contributed by atoms with E-state index in [2.05, 4.69) is 29.4 Å². The van der Waals surface area contributed by atoms with Gasteiger partial charge >= 0.3 is 0 Å². The van der Waals surface area contributed by atoms with E-state index in [0.717, 1.165) is 19.6 Å². The molecule has 0 atom stereocenters. The van der Waals surface area contributed by atoms with Crippen LogP contribution < -0.4 is 5.32 Å². The normalized spacial score (nSPS) is 22.5. The Kier molecular flexibility index (Phi) is 2.60. The zero-order valence-corrected chi connectivity index (χ0v) is 10.3. The van der Waals surface area contributed by atoms with Crippen molar-refractivity contribution in [1.29, 1.82) is 0 Å². The average Bonchev–Trinajstić information content (AvgIpc) is 2.97. The van der Waals surface area contributed by atoms with Gasteiger partial charge in [-0.3, -0.25) is 4.90 Å². The number of rotatable bonds is 4. The molecule has 0 bridgehead atoms. The maximum atomic E-state index is 9.34. The molecule has 0 aromatic heterocycles. The summed E-state index contributed by atoms with van der Waals surface area (Å²) in [5.41, 5.74) is 1.74. The van der Waals surface area contributed by atoms with Crippen LogP contribution in [0.2, 0.25) is 0 Å². The van der Waals surface area contributed by atoms with Crippen LogP contribution in [0.1, 0.15) is 18.4 Å². The molecule has 0 amide bonds. The van der Waals surface area contributed by atoms with Gasteiger partial charge in [0, 0.05) is 31.1 Å². The molecule has 3 heteroatoms. The summed E-state index contributed by atoms with van der Waals surface area (Å²) >= 11 is 0. The van der Waals surface area contributed by atoms with Gasteiger partial charge in [0.15, 0.2) is 0 Å². The first-order chi connectivity index (χ1) is 8.20. The zero-order chi connectivity index (χ0) is 11.9. The minimum Gasteiger partial charge on any atom is -0.508 e. The molecular formula is C14H20N2O. The average molecular weight is 232 g/mol. The molecule has 3 nitrogen and oxygen atoms in total. The fraction of sp³-hybridized carbons (Fsp3) is 0.571. The van der Waals surface area contributed by atoms with Gasteiger partial charge in [0.1, 0.15) is 5.75 Å². The van der Waals surface area contributed by atoms with Gasteiger partial charge in [-0.05, 0) is 37.6 Å². The predicted octanol–water partition coefficient (Wildman–Crippen LogP) is 1.33. The van der Waals surface area contributed by atoms with Crippen LogP contribution >= 0.6 is 0 Å². The maximum absolute atomic E-state index is 9.34. The molecule has 1 aliphatic heterocycles. The zero-order valence-electron chi connectivity index (χ0n) is 10.3. The molecule has 0 radical (unpaired) electrons. The van der Waals surface area contributed by atoms with E-state index < -0.39 is 0 Å². The molecule has 1 saturated heterocycles. The lowest BCUT2D eigenvalue weighted by Crippen LogP contribution is -2.57. The Hall–Kier alpha value is -1.06. The number of likely N-dealkylation sites (N-methyl/N-ethyl adjacent to an activating group) is 1. The van der Waals surface area contributed by atoms with Crippen LogP contribution in [0.25, 0.3) is 0 Å². The molecule has 1 aromatic carbocycles. The summed E-state index contributed by atoms with van der Waals surface area (Å²) in [5.74, 6) is 0.362. The Morgan fingerprint density at radius 3 is 2.41 bits per heavy atom. The SMILES string of the molecule is CN(CC1(c2ccc(O)cc2)CC1)C1CNC1. The topological polar surface area (TPSA) is 35.5 Å². The summed E-state index contributed by atoms with van der Waals surface area (Å²) in [4.78, 5) is 2.48. The second-order valence-corrected chi connectivity index (χ2v) is 5.55. The Balaban J connectivity index is 1.70. The van der Waals surface area contributed by atoms with Crippen LogP contribution in [0.15, 0.2) is 24.3 Å². The molecule has 92 valence electrons. The fourth-order valence-corrected chi connectivity index (χ4v) is 2.70. The van der Waals surface area contributed by atoms with Crippen molar-refractivity contribution in [1.82, 2.24) is 10.2 Å². The number of aromatic hydroxyl groups is 1. The number of hydrogen-bond donors (Lipinski definition) is 2. The van der Waals surface area contributed by atoms with Crippen molar-refractivity contribution in [3.05, 3.63) is 29.8 Å². The lowest BCUT2D eigenvalue weighted by atomic mass is 9.94. The van der Waals surface area contributed by atoms with Crippen molar-refractivity contribution in [2.24, 2.45) is 0 Å². The van der Waals surface area contributed by atoms with E-state index in [1.807, 2.05) is 0 Å². The first-order valence-corrected chi connectivity index (χ1v) is 6.40. The fourth-order valence-electron chi connectivity index (χ4n) is 2.70. The van der Waals surface area contributed by atoms with Crippen molar-refractivity contribution in [3.8, 4) is 5.75 Å². The first kappa shape index (κ1) is 11.1. The summed E-state index contributed by atoms with van der Waals surface area (Å²) in [6, 6.07) is 8.48. The minimum absolute atomic E-state index is 0.359. The van der Waals surface area contributed by atoms with Gasteiger partial charge in [-0.1, -0.05) is 12.1 Å². The Morgan fingerprint density at radius 1 is 1.29 bits per heavy atom. The summed E-state index contributed by atoms with van der Waals surface area (Å²) in [6.45, 7) is 3.40. The van der Waals surface area contributed by atoms with Crippen LogP contribution in [0, 0.1) is 0 Å². The van der Waals surface area contributed by atoms with Gasteiger partial charge in [-0.2, -0.15) is 0 Å². The second-order valence-electron chi connectivity index (χ2n) is 5.55. The lowest BCUT2D eigenvalue weighted by Gasteiger charge is -2.37. The molecule has 17 heavy (non-hydrogen) atoms. The molecular weight excluding hydrogens is 212 g/mol. The molecule has 0 spiro atoms. The molecule has 1 aliphatic carbocycles. The quantitative estimate of drug-likeness (QED) is 0.822. The third-order valence-corrected chi connectivity index (χ3v) is 4.27. The van der Waals surface area contributed by atoms with Crippen LogP contribution in [0.5, 0.6) is 5.75 Å². The van der Waals surface area contributed by atoms with Crippen molar-refractivity contribution >= 4 is 0 Å². The van der Waals surface area contributed by atoms with Crippen molar-refractivity contribution in [3.63, 3.8) is 0 Å². The highest BCUT2D eigenvalue weighted by atomic mass is 16.3. The van der Waals surface area contributed by atoms with Gasteiger partial charge in [0.25, 0.3) is 0 Å². The van der Waals surface area contributed by atoms with Gasteiger partial charge in [0.2, 0.25) is 0 Å². The van der Waals surface area contributed by atoms with Crippen molar-refractivity contribution in [2.75, 3.05) is 26.7 Å². The predicted molar refractivity (Wildman–Crippen MR) is 68.3 cm³/mol. The number of nitrogens with zero attached hydrogens (tertiary/aromatic N) is 1. The monoisotopic (exact) mass is 232 g/mol. The molecule has 1 saturated carbocycles. The third kappa shape index (κ3) is 2.05. The van der Waals surface area contributed by atoms with E-state index >= 15 is 0 Å². The van der Waals surface area contributed by atoms with E-state index in [1.165, 1.54) is 18.4 Å². The molecule has 1 heterocycles. The minimum atomic E-state index is 0.359. The number of phenols is 1. The van der Waals surface area contributed by atoms with Gasteiger partial charge in [0.05, 0.1) is 0 Å². The van der Waals surface area contributed by atoms with Crippen LogP contribution in [0.4, 0.5) is 0 Å². The Bertz CT molecular complexity index is 393. The molecule has 2 N–H and O–H groups in total. The Labute approximate surface area is 102 Å². The van der Waals surface area contributed by atoms with E-state index in [-0.39, 0.29) is 0 Å². The van der Waals surface area contributed by atoms with Crippen LogP contribution in [0.3, 0.4) is 0 Å². The molecule has 0 unspecified atom stereocenters. The number of hydrogen-bond acceptors (Lipinski definition) is 3. The van der Waals surface area contributed by atoms with Crippen LogP contribution in [-0.2, 0) is 5.41 Å². The smallest absolute Gasteiger partial charge is 0.115 e. The maximum Gasteiger partial charge on any atom is 0.115 e.